The Kier molecular flexibility index (Phi) is 6.90. The van der Waals surface area contributed by atoms with E-state index in [1.807, 2.05) is 24.3 Å². The molecule has 0 N–H and O–H groups in total. The topological polar surface area (TPSA) is 18.5 Å². The Labute approximate surface area is 112 Å². The van der Waals surface area contributed by atoms with Crippen molar-refractivity contribution >= 4 is 23.2 Å². The zero-order valence-corrected chi connectivity index (χ0v) is 11.3. The van der Waals surface area contributed by atoms with Crippen molar-refractivity contribution in [1.29, 1.82) is 0 Å². The predicted octanol–water partition coefficient (Wildman–Crippen LogP) is 4.56. The number of hydrogen-bond donors (Lipinski definition) is 0. The summed E-state index contributed by atoms with van der Waals surface area (Å²) in [5.74, 6) is 1.45. The van der Waals surface area contributed by atoms with Crippen LogP contribution in [0.4, 0.5) is 0 Å². The van der Waals surface area contributed by atoms with E-state index in [9.17, 15) is 0 Å². The molecule has 0 aliphatic rings. The first-order valence-corrected chi connectivity index (χ1v) is 6.35. The van der Waals surface area contributed by atoms with Gasteiger partial charge in [-0.3, -0.25) is 0 Å². The Morgan fingerprint density at radius 1 is 1.18 bits per heavy atom. The van der Waals surface area contributed by atoms with E-state index >= 15 is 0 Å². The van der Waals surface area contributed by atoms with Crippen LogP contribution in [-0.2, 0) is 0 Å². The molecule has 0 aromatic heterocycles. The highest BCUT2D eigenvalue weighted by Gasteiger charge is 2.02. The summed E-state index contributed by atoms with van der Waals surface area (Å²) in [6.07, 6.45) is 3.72. The van der Waals surface area contributed by atoms with Crippen LogP contribution in [0.3, 0.4) is 0 Å². The maximum absolute atomic E-state index is 5.62. The van der Waals surface area contributed by atoms with Crippen molar-refractivity contribution < 1.29 is 9.47 Å². The Balaban J connectivity index is 2.54. The smallest absolute Gasteiger partial charge is 0.161 e. The first-order chi connectivity index (χ1) is 8.24. The van der Waals surface area contributed by atoms with Crippen molar-refractivity contribution in [1.82, 2.24) is 0 Å². The molecule has 0 unspecified atom stereocenters. The predicted molar refractivity (Wildman–Crippen MR) is 72.1 cm³/mol. The monoisotopic (exact) mass is 274 g/mol. The van der Waals surface area contributed by atoms with Gasteiger partial charge in [0.1, 0.15) is 11.1 Å². The summed E-state index contributed by atoms with van der Waals surface area (Å²) in [6, 6.07) is 7.56. The van der Waals surface area contributed by atoms with E-state index in [0.717, 1.165) is 18.6 Å². The van der Waals surface area contributed by atoms with Gasteiger partial charge in [0.05, 0.1) is 6.61 Å². The second-order valence-corrected chi connectivity index (χ2v) is 4.46. The molecule has 1 aromatic rings. The van der Waals surface area contributed by atoms with Gasteiger partial charge in [-0.1, -0.05) is 48.7 Å². The van der Waals surface area contributed by atoms with E-state index in [-0.39, 0.29) is 4.49 Å². The highest BCUT2D eigenvalue weighted by Crippen LogP contribution is 2.26. The average Bonchev–Trinajstić information content (AvgIpc) is 2.31. The second kappa shape index (κ2) is 8.26. The Morgan fingerprint density at radius 3 is 2.41 bits per heavy atom. The fourth-order valence-electron chi connectivity index (χ4n) is 1.21. The maximum atomic E-state index is 5.62. The van der Waals surface area contributed by atoms with Gasteiger partial charge in [-0.2, -0.15) is 0 Å². The highest BCUT2D eigenvalue weighted by molar-refractivity contribution is 6.55. The fraction of sp³-hybridized carbons (Fsp3) is 0.385. The molecule has 0 spiro atoms. The summed E-state index contributed by atoms with van der Waals surface area (Å²) in [7, 11) is 0. The number of benzene rings is 1. The Hall–Kier alpha value is -0.860. The van der Waals surface area contributed by atoms with Gasteiger partial charge in [-0.05, 0) is 24.6 Å². The van der Waals surface area contributed by atoms with Crippen molar-refractivity contribution in [2.75, 3.05) is 13.2 Å². The van der Waals surface area contributed by atoms with Gasteiger partial charge in [0.2, 0.25) is 0 Å². The summed E-state index contributed by atoms with van der Waals surface area (Å²) in [4.78, 5) is 0. The van der Waals surface area contributed by atoms with Gasteiger partial charge in [-0.15, -0.1) is 0 Å². The molecule has 94 valence electrons. The summed E-state index contributed by atoms with van der Waals surface area (Å²) >= 11 is 11.0. The Bertz CT molecular complexity index is 360. The summed E-state index contributed by atoms with van der Waals surface area (Å²) in [5, 5.41) is 0. The molecule has 4 heteroatoms. The number of unbranched alkanes of at least 4 members (excludes halogenated alkanes) is 1. The van der Waals surface area contributed by atoms with Crippen LogP contribution in [0.1, 0.15) is 19.8 Å². The summed E-state index contributed by atoms with van der Waals surface area (Å²) in [5.41, 5.74) is 0. The quantitative estimate of drug-likeness (QED) is 0.679. The lowest BCUT2D eigenvalue weighted by atomic mass is 10.3. The molecule has 0 saturated heterocycles. The minimum Gasteiger partial charge on any atom is -0.490 e. The van der Waals surface area contributed by atoms with Gasteiger partial charge in [0, 0.05) is 0 Å². The molecule has 0 amide bonds. The third-order valence-corrected chi connectivity index (χ3v) is 2.39. The molecule has 0 aliphatic carbocycles. The van der Waals surface area contributed by atoms with Gasteiger partial charge in [0.15, 0.2) is 11.5 Å². The van der Waals surface area contributed by atoms with Crippen molar-refractivity contribution in [3.05, 3.63) is 34.8 Å². The Morgan fingerprint density at radius 2 is 1.82 bits per heavy atom. The number of hydrogen-bond acceptors (Lipinski definition) is 2. The van der Waals surface area contributed by atoms with Crippen LogP contribution in [0.25, 0.3) is 0 Å². The largest absolute Gasteiger partial charge is 0.490 e. The summed E-state index contributed by atoms with van der Waals surface area (Å²) in [6.45, 7) is 3.15. The number of para-hydroxylation sites is 2. The SMILES string of the molecule is CCCCOc1ccccc1OCC=C(Cl)Cl. The van der Waals surface area contributed by atoms with Crippen molar-refractivity contribution in [2.45, 2.75) is 19.8 Å². The highest BCUT2D eigenvalue weighted by atomic mass is 35.5. The van der Waals surface area contributed by atoms with E-state index in [1.54, 1.807) is 6.08 Å². The molecule has 0 saturated carbocycles. The molecule has 1 aromatic carbocycles. The standard InChI is InChI=1S/C13H16Cl2O2/c1-2-3-9-16-11-6-4-5-7-12(11)17-10-8-13(14)15/h4-8H,2-3,9-10H2,1H3. The van der Waals surface area contributed by atoms with Crippen molar-refractivity contribution in [3.63, 3.8) is 0 Å². The van der Waals surface area contributed by atoms with Crippen molar-refractivity contribution in [3.8, 4) is 11.5 Å². The fourth-order valence-corrected chi connectivity index (χ4v) is 1.34. The maximum Gasteiger partial charge on any atom is 0.161 e. The van der Waals surface area contributed by atoms with Crippen LogP contribution in [0.2, 0.25) is 0 Å². The molecule has 0 fully saturated rings. The molecule has 0 radical (unpaired) electrons. The van der Waals surface area contributed by atoms with Crippen LogP contribution < -0.4 is 9.47 Å². The van der Waals surface area contributed by atoms with E-state index in [4.69, 9.17) is 32.7 Å². The molecule has 17 heavy (non-hydrogen) atoms. The lowest BCUT2D eigenvalue weighted by molar-refractivity contribution is 0.279. The molecular formula is C13H16Cl2O2. The molecule has 0 heterocycles. The van der Waals surface area contributed by atoms with Crippen LogP contribution in [0.5, 0.6) is 11.5 Å². The van der Waals surface area contributed by atoms with E-state index in [0.29, 0.717) is 19.0 Å². The van der Waals surface area contributed by atoms with Crippen LogP contribution >= 0.6 is 23.2 Å². The zero-order valence-electron chi connectivity index (χ0n) is 9.79. The average molecular weight is 275 g/mol. The first kappa shape index (κ1) is 14.2. The number of halogens is 2. The molecule has 1 rings (SSSR count). The first-order valence-electron chi connectivity index (χ1n) is 5.59. The minimum absolute atomic E-state index is 0.203. The molecule has 0 atom stereocenters. The van der Waals surface area contributed by atoms with Crippen LogP contribution in [0, 0.1) is 0 Å². The third kappa shape index (κ3) is 5.85. The van der Waals surface area contributed by atoms with E-state index in [2.05, 4.69) is 6.92 Å². The lowest BCUT2D eigenvalue weighted by Crippen LogP contribution is -2.00. The molecule has 0 bridgehead atoms. The number of ether oxygens (including phenoxy) is 2. The van der Waals surface area contributed by atoms with E-state index < -0.39 is 0 Å². The van der Waals surface area contributed by atoms with Crippen LogP contribution in [-0.4, -0.2) is 13.2 Å². The molecule has 0 aliphatic heterocycles. The third-order valence-electron chi connectivity index (χ3n) is 2.08. The molecule has 2 nitrogen and oxygen atoms in total. The number of rotatable bonds is 7. The normalized spacial score (nSPS) is 9.82. The van der Waals surface area contributed by atoms with Crippen molar-refractivity contribution in [2.24, 2.45) is 0 Å². The van der Waals surface area contributed by atoms with Gasteiger partial charge < -0.3 is 9.47 Å². The second-order valence-electron chi connectivity index (χ2n) is 3.45. The lowest BCUT2D eigenvalue weighted by Gasteiger charge is -2.11. The molecular weight excluding hydrogens is 259 g/mol. The summed E-state index contributed by atoms with van der Waals surface area (Å²) < 4.78 is 11.3. The van der Waals surface area contributed by atoms with Gasteiger partial charge in [0.25, 0.3) is 0 Å². The zero-order chi connectivity index (χ0) is 12.5. The van der Waals surface area contributed by atoms with Crippen LogP contribution in [0.15, 0.2) is 34.8 Å². The minimum atomic E-state index is 0.203. The van der Waals surface area contributed by atoms with Gasteiger partial charge >= 0.3 is 0 Å². The van der Waals surface area contributed by atoms with E-state index in [1.165, 1.54) is 0 Å². The van der Waals surface area contributed by atoms with Gasteiger partial charge in [-0.25, -0.2) is 0 Å².